The molecule has 2 fully saturated rings. The molecule has 2 atom stereocenters. The first-order valence-corrected chi connectivity index (χ1v) is 12.2. The van der Waals surface area contributed by atoms with E-state index in [0.29, 0.717) is 11.3 Å². The van der Waals surface area contributed by atoms with Gasteiger partial charge in [0.15, 0.2) is 0 Å². The van der Waals surface area contributed by atoms with Crippen LogP contribution >= 0.6 is 0 Å². The zero-order chi connectivity index (χ0) is 21.8. The molecule has 1 aromatic carbocycles. The van der Waals surface area contributed by atoms with Crippen LogP contribution < -0.4 is 9.46 Å². The monoisotopic (exact) mass is 444 g/mol. The van der Waals surface area contributed by atoms with E-state index in [-0.39, 0.29) is 31.1 Å². The van der Waals surface area contributed by atoms with Crippen LogP contribution in [0.4, 0.5) is 8.78 Å². The first-order valence-electron chi connectivity index (χ1n) is 10.6. The highest BCUT2D eigenvalue weighted by Crippen LogP contribution is 2.37. The minimum atomic E-state index is -3.49. The summed E-state index contributed by atoms with van der Waals surface area (Å²) in [5.41, 5.74) is 0.571. The first-order chi connectivity index (χ1) is 14.2. The van der Waals surface area contributed by atoms with E-state index in [9.17, 15) is 22.0 Å². The number of ether oxygens (including phenoxy) is 1. The largest absolute Gasteiger partial charge is 0.493 e. The van der Waals surface area contributed by atoms with Crippen molar-refractivity contribution in [2.45, 2.75) is 57.4 Å². The van der Waals surface area contributed by atoms with Gasteiger partial charge in [0.25, 0.3) is 5.91 Å². The second kappa shape index (κ2) is 9.60. The van der Waals surface area contributed by atoms with E-state index in [0.717, 1.165) is 32.4 Å². The van der Waals surface area contributed by atoms with E-state index >= 15 is 0 Å². The minimum Gasteiger partial charge on any atom is -0.493 e. The standard InChI is InChI=1S/C21H30F2N2O4S/c1-2-30(27,28)24-19-10-11-21(22,23)14-17(19)15-29-18-8-6-16(7-9-18)20(26)25-12-4-3-5-13-25/h6-9,17,19,24H,2-5,10-15H2,1H3/t17-,19-/m0/s1. The van der Waals surface area contributed by atoms with E-state index < -0.39 is 34.3 Å². The summed E-state index contributed by atoms with van der Waals surface area (Å²) in [4.78, 5) is 14.4. The van der Waals surface area contributed by atoms with Gasteiger partial charge in [-0.15, -0.1) is 0 Å². The smallest absolute Gasteiger partial charge is 0.253 e. The molecule has 1 N–H and O–H groups in total. The Morgan fingerprint density at radius 3 is 2.50 bits per heavy atom. The number of likely N-dealkylation sites (tertiary alicyclic amines) is 1. The highest BCUT2D eigenvalue weighted by Gasteiger charge is 2.42. The molecule has 1 saturated carbocycles. The van der Waals surface area contributed by atoms with Crippen LogP contribution in [0.3, 0.4) is 0 Å². The second-order valence-electron chi connectivity index (χ2n) is 8.17. The quantitative estimate of drug-likeness (QED) is 0.699. The molecule has 2 aliphatic rings. The van der Waals surface area contributed by atoms with Gasteiger partial charge in [-0.1, -0.05) is 0 Å². The SMILES string of the molecule is CCS(=O)(=O)N[C@H]1CCC(F)(F)C[C@H]1COc1ccc(C(=O)N2CCCCC2)cc1. The molecule has 0 spiro atoms. The van der Waals surface area contributed by atoms with E-state index in [1.54, 1.807) is 24.3 Å². The molecular formula is C21H30F2N2O4S. The Kier molecular flexibility index (Phi) is 7.34. The van der Waals surface area contributed by atoms with Crippen LogP contribution in [0.5, 0.6) is 5.75 Å². The van der Waals surface area contributed by atoms with Crippen LogP contribution in [0.1, 0.15) is 55.8 Å². The van der Waals surface area contributed by atoms with Crippen molar-refractivity contribution in [3.8, 4) is 5.75 Å². The van der Waals surface area contributed by atoms with E-state index in [2.05, 4.69) is 4.72 Å². The highest BCUT2D eigenvalue weighted by atomic mass is 32.2. The lowest BCUT2D eigenvalue weighted by atomic mass is 9.83. The van der Waals surface area contributed by atoms with Crippen molar-refractivity contribution in [1.82, 2.24) is 9.62 Å². The summed E-state index contributed by atoms with van der Waals surface area (Å²) in [7, 11) is -3.49. The fraction of sp³-hybridized carbons (Fsp3) is 0.667. The van der Waals surface area contributed by atoms with E-state index in [1.807, 2.05) is 4.90 Å². The summed E-state index contributed by atoms with van der Waals surface area (Å²) >= 11 is 0. The molecule has 1 aromatic rings. The topological polar surface area (TPSA) is 75.7 Å². The molecule has 1 saturated heterocycles. The van der Waals surface area contributed by atoms with Gasteiger partial charge in [-0.3, -0.25) is 4.79 Å². The number of piperidine rings is 1. The molecule has 1 heterocycles. The Labute approximate surface area is 177 Å². The Morgan fingerprint density at radius 2 is 1.87 bits per heavy atom. The fourth-order valence-corrected chi connectivity index (χ4v) is 4.99. The van der Waals surface area contributed by atoms with Crippen LogP contribution in [-0.4, -0.2) is 56.6 Å². The van der Waals surface area contributed by atoms with Gasteiger partial charge in [-0.25, -0.2) is 21.9 Å². The van der Waals surface area contributed by atoms with Crippen LogP contribution in [0, 0.1) is 5.92 Å². The van der Waals surface area contributed by atoms with Crippen molar-refractivity contribution < 1.29 is 26.7 Å². The number of sulfonamides is 1. The third-order valence-electron chi connectivity index (χ3n) is 5.87. The zero-order valence-corrected chi connectivity index (χ0v) is 18.1. The number of hydrogen-bond donors (Lipinski definition) is 1. The van der Waals surface area contributed by atoms with Gasteiger partial charge in [0, 0.05) is 43.5 Å². The molecule has 0 bridgehead atoms. The van der Waals surface area contributed by atoms with Crippen LogP contribution in [-0.2, 0) is 10.0 Å². The lowest BCUT2D eigenvalue weighted by Gasteiger charge is -2.36. The Morgan fingerprint density at radius 1 is 1.20 bits per heavy atom. The molecule has 1 aliphatic carbocycles. The molecule has 1 amide bonds. The van der Waals surface area contributed by atoms with Crippen molar-refractivity contribution >= 4 is 15.9 Å². The molecule has 9 heteroatoms. The summed E-state index contributed by atoms with van der Waals surface area (Å²) in [6, 6.07) is 6.10. The van der Waals surface area contributed by atoms with Crippen molar-refractivity contribution in [2.75, 3.05) is 25.4 Å². The maximum atomic E-state index is 13.9. The van der Waals surface area contributed by atoms with E-state index in [1.165, 1.54) is 6.92 Å². The average molecular weight is 445 g/mol. The summed E-state index contributed by atoms with van der Waals surface area (Å²) < 4.78 is 59.9. The normalized spacial score (nSPS) is 24.4. The molecule has 0 aromatic heterocycles. The zero-order valence-electron chi connectivity index (χ0n) is 17.3. The number of hydrogen-bond acceptors (Lipinski definition) is 4. The maximum absolute atomic E-state index is 13.9. The van der Waals surface area contributed by atoms with Gasteiger partial charge in [0.2, 0.25) is 15.9 Å². The number of carbonyl (C=O) groups excluding carboxylic acids is 1. The lowest BCUT2D eigenvalue weighted by Crippen LogP contribution is -2.48. The van der Waals surface area contributed by atoms with E-state index in [4.69, 9.17) is 4.74 Å². The van der Waals surface area contributed by atoms with Gasteiger partial charge in [0.05, 0.1) is 12.4 Å². The molecule has 1 aliphatic heterocycles. The second-order valence-corrected chi connectivity index (χ2v) is 10.2. The Hall–Kier alpha value is -1.74. The average Bonchev–Trinajstić information content (AvgIpc) is 2.74. The summed E-state index contributed by atoms with van der Waals surface area (Å²) in [6.07, 6.45) is 2.49. The number of carbonyl (C=O) groups is 1. The lowest BCUT2D eigenvalue weighted by molar-refractivity contribution is -0.0661. The molecule has 0 unspecified atom stereocenters. The molecule has 3 rings (SSSR count). The highest BCUT2D eigenvalue weighted by molar-refractivity contribution is 7.89. The van der Waals surface area contributed by atoms with Gasteiger partial charge in [-0.2, -0.15) is 0 Å². The predicted molar refractivity (Wildman–Crippen MR) is 110 cm³/mol. The Balaban J connectivity index is 1.61. The molecular weight excluding hydrogens is 414 g/mol. The predicted octanol–water partition coefficient (Wildman–Crippen LogP) is 3.43. The van der Waals surface area contributed by atoms with Crippen molar-refractivity contribution in [3.05, 3.63) is 29.8 Å². The fourth-order valence-electron chi connectivity index (χ4n) is 4.05. The van der Waals surface area contributed by atoms with Crippen LogP contribution in [0.2, 0.25) is 0 Å². The van der Waals surface area contributed by atoms with Crippen molar-refractivity contribution in [1.29, 1.82) is 0 Å². The van der Waals surface area contributed by atoms with Gasteiger partial charge in [-0.05, 0) is 56.9 Å². The molecule has 168 valence electrons. The summed E-state index contributed by atoms with van der Waals surface area (Å²) in [5.74, 6) is -3.10. The number of rotatable bonds is 7. The third-order valence-corrected chi connectivity index (χ3v) is 7.29. The van der Waals surface area contributed by atoms with Crippen molar-refractivity contribution in [2.24, 2.45) is 5.92 Å². The van der Waals surface area contributed by atoms with Crippen LogP contribution in [0.25, 0.3) is 0 Å². The first kappa shape index (κ1) is 22.9. The minimum absolute atomic E-state index is 0.0118. The summed E-state index contributed by atoms with van der Waals surface area (Å²) in [5, 5.41) is 0. The van der Waals surface area contributed by atoms with Gasteiger partial charge < -0.3 is 9.64 Å². The maximum Gasteiger partial charge on any atom is 0.253 e. The third kappa shape index (κ3) is 6.14. The number of halogens is 2. The number of nitrogens with one attached hydrogen (secondary N) is 1. The molecule has 6 nitrogen and oxygen atoms in total. The summed E-state index contributed by atoms with van der Waals surface area (Å²) in [6.45, 7) is 3.02. The van der Waals surface area contributed by atoms with Gasteiger partial charge in [0.1, 0.15) is 5.75 Å². The number of alkyl halides is 2. The number of benzene rings is 1. The number of nitrogens with zero attached hydrogens (tertiary/aromatic N) is 1. The number of amides is 1. The van der Waals surface area contributed by atoms with Gasteiger partial charge >= 0.3 is 0 Å². The Bertz CT molecular complexity index is 824. The van der Waals surface area contributed by atoms with Crippen molar-refractivity contribution in [3.63, 3.8) is 0 Å². The van der Waals surface area contributed by atoms with Crippen LogP contribution in [0.15, 0.2) is 24.3 Å². The molecule has 0 radical (unpaired) electrons. The molecule has 30 heavy (non-hydrogen) atoms.